The van der Waals surface area contributed by atoms with Crippen LogP contribution in [0.25, 0.3) is 0 Å². The number of aromatic nitrogens is 1. The molecule has 2 N–H and O–H groups in total. The summed E-state index contributed by atoms with van der Waals surface area (Å²) in [6.45, 7) is 4.57. The van der Waals surface area contributed by atoms with Gasteiger partial charge in [0.15, 0.2) is 5.96 Å². The summed E-state index contributed by atoms with van der Waals surface area (Å²) in [5.74, 6) is 2.21. The molecule has 1 unspecified atom stereocenters. The Morgan fingerprint density at radius 3 is 3.04 bits per heavy atom. The lowest BCUT2D eigenvalue weighted by Gasteiger charge is -2.13. The van der Waals surface area contributed by atoms with Crippen molar-refractivity contribution in [3.05, 3.63) is 23.9 Å². The van der Waals surface area contributed by atoms with Crippen molar-refractivity contribution in [3.8, 4) is 5.88 Å². The first-order chi connectivity index (χ1) is 12.8. The van der Waals surface area contributed by atoms with Crippen LogP contribution in [0.5, 0.6) is 5.88 Å². The monoisotopic (exact) mass is 362 g/mol. The van der Waals surface area contributed by atoms with Gasteiger partial charge in [-0.05, 0) is 43.2 Å². The maximum Gasteiger partial charge on any atom is 0.213 e. The maximum atomic E-state index is 5.76. The highest BCUT2D eigenvalue weighted by atomic mass is 16.5. The van der Waals surface area contributed by atoms with E-state index in [9.17, 15) is 0 Å². The Balaban J connectivity index is 1.30. The lowest BCUT2D eigenvalue weighted by Crippen LogP contribution is -2.37. The van der Waals surface area contributed by atoms with Gasteiger partial charge in [0.05, 0.1) is 19.3 Å². The van der Waals surface area contributed by atoms with Gasteiger partial charge in [0.25, 0.3) is 0 Å². The maximum absolute atomic E-state index is 5.76. The van der Waals surface area contributed by atoms with Crippen LogP contribution in [0.2, 0.25) is 0 Å². The summed E-state index contributed by atoms with van der Waals surface area (Å²) in [5, 5.41) is 6.63. The molecule has 0 bridgehead atoms. The highest BCUT2D eigenvalue weighted by molar-refractivity contribution is 5.79. The predicted octanol–water partition coefficient (Wildman–Crippen LogP) is 1.73. The van der Waals surface area contributed by atoms with E-state index in [-0.39, 0.29) is 6.10 Å². The van der Waals surface area contributed by atoms with Crippen LogP contribution in [0.4, 0.5) is 0 Å². The van der Waals surface area contributed by atoms with E-state index < -0.39 is 0 Å². The van der Waals surface area contributed by atoms with Crippen LogP contribution in [-0.4, -0.2) is 57.1 Å². The molecule has 2 heterocycles. The van der Waals surface area contributed by atoms with E-state index in [1.807, 2.05) is 12.1 Å². The molecule has 1 atom stereocenters. The molecule has 1 aromatic heterocycles. The molecule has 1 saturated heterocycles. The highest BCUT2D eigenvalue weighted by Gasteiger charge is 2.22. The van der Waals surface area contributed by atoms with Crippen molar-refractivity contribution in [1.82, 2.24) is 15.6 Å². The molecule has 0 radical (unpaired) electrons. The number of pyridine rings is 1. The van der Waals surface area contributed by atoms with Crippen molar-refractivity contribution in [1.29, 1.82) is 0 Å². The van der Waals surface area contributed by atoms with Gasteiger partial charge in [0, 0.05) is 45.6 Å². The quantitative estimate of drug-likeness (QED) is 0.375. The van der Waals surface area contributed by atoms with E-state index >= 15 is 0 Å². The number of aliphatic imine (C=N–C) groups is 1. The predicted molar refractivity (Wildman–Crippen MR) is 100 cm³/mol. The van der Waals surface area contributed by atoms with E-state index in [0.717, 1.165) is 63.3 Å². The van der Waals surface area contributed by atoms with Crippen molar-refractivity contribution < 1.29 is 14.2 Å². The molecule has 26 heavy (non-hydrogen) atoms. The molecular formula is C19H30N4O3. The summed E-state index contributed by atoms with van der Waals surface area (Å²) in [6, 6.07) is 3.97. The van der Waals surface area contributed by atoms with Crippen LogP contribution in [0, 0.1) is 5.92 Å². The molecular weight excluding hydrogens is 332 g/mol. The summed E-state index contributed by atoms with van der Waals surface area (Å²) < 4.78 is 16.8. The Morgan fingerprint density at radius 2 is 2.27 bits per heavy atom. The Bertz CT molecular complexity index is 572. The summed E-state index contributed by atoms with van der Waals surface area (Å²) in [6.07, 6.45) is 6.57. The van der Waals surface area contributed by atoms with E-state index in [0.29, 0.717) is 12.4 Å². The van der Waals surface area contributed by atoms with E-state index in [1.54, 1.807) is 13.2 Å². The molecule has 7 nitrogen and oxygen atoms in total. The zero-order chi connectivity index (χ0) is 18.0. The second kappa shape index (κ2) is 10.3. The minimum Gasteiger partial charge on any atom is -0.477 e. The molecule has 1 aliphatic heterocycles. The van der Waals surface area contributed by atoms with Crippen LogP contribution >= 0.6 is 0 Å². The summed E-state index contributed by atoms with van der Waals surface area (Å²) in [5.41, 5.74) is 1.12. The van der Waals surface area contributed by atoms with Gasteiger partial charge in [-0.15, -0.1) is 0 Å². The molecule has 2 aliphatic rings. The number of hydrogen-bond donors (Lipinski definition) is 2. The molecule has 1 aliphatic carbocycles. The Morgan fingerprint density at radius 1 is 1.35 bits per heavy atom. The molecule has 0 aromatic carbocycles. The van der Waals surface area contributed by atoms with Gasteiger partial charge < -0.3 is 24.8 Å². The van der Waals surface area contributed by atoms with Crippen LogP contribution < -0.4 is 15.4 Å². The molecule has 144 valence electrons. The van der Waals surface area contributed by atoms with Crippen molar-refractivity contribution in [3.63, 3.8) is 0 Å². The van der Waals surface area contributed by atoms with E-state index in [2.05, 4.69) is 20.6 Å². The number of nitrogens with one attached hydrogen (secondary N) is 2. The molecule has 2 fully saturated rings. The van der Waals surface area contributed by atoms with Crippen LogP contribution in [0.1, 0.15) is 31.2 Å². The van der Waals surface area contributed by atoms with Crippen molar-refractivity contribution in [2.24, 2.45) is 10.9 Å². The molecule has 0 spiro atoms. The van der Waals surface area contributed by atoms with Crippen molar-refractivity contribution in [2.75, 3.05) is 40.0 Å². The van der Waals surface area contributed by atoms with Gasteiger partial charge in [-0.2, -0.15) is 0 Å². The summed E-state index contributed by atoms with van der Waals surface area (Å²) in [4.78, 5) is 8.53. The fourth-order valence-corrected chi connectivity index (χ4v) is 2.71. The largest absolute Gasteiger partial charge is 0.477 e. The third-order valence-electron chi connectivity index (χ3n) is 4.50. The molecule has 0 amide bonds. The van der Waals surface area contributed by atoms with E-state index in [1.165, 1.54) is 12.8 Å². The lowest BCUT2D eigenvalue weighted by atomic mass is 10.2. The first-order valence-corrected chi connectivity index (χ1v) is 9.55. The fraction of sp³-hybridized carbons (Fsp3) is 0.684. The van der Waals surface area contributed by atoms with Crippen molar-refractivity contribution in [2.45, 2.75) is 38.3 Å². The number of ether oxygens (including phenoxy) is 3. The Kier molecular flexibility index (Phi) is 7.51. The zero-order valence-electron chi connectivity index (χ0n) is 15.6. The first kappa shape index (κ1) is 18.9. The number of rotatable bonds is 10. The molecule has 1 aromatic rings. The number of guanidine groups is 1. The SMILES string of the molecule is CN=C(NCCCOC1CCOC1)NCc1ccnc(OCC2CC2)c1. The minimum atomic E-state index is 0.274. The average Bonchev–Trinajstić information content (AvgIpc) is 3.36. The van der Waals surface area contributed by atoms with Gasteiger partial charge in [0.1, 0.15) is 0 Å². The van der Waals surface area contributed by atoms with Gasteiger partial charge in [-0.1, -0.05) is 0 Å². The molecule has 7 heteroatoms. The summed E-state index contributed by atoms with van der Waals surface area (Å²) in [7, 11) is 1.78. The minimum absolute atomic E-state index is 0.274. The lowest BCUT2D eigenvalue weighted by molar-refractivity contribution is 0.0420. The third-order valence-corrected chi connectivity index (χ3v) is 4.50. The molecule has 1 saturated carbocycles. The van der Waals surface area contributed by atoms with Crippen LogP contribution in [0.3, 0.4) is 0 Å². The standard InChI is InChI=1S/C19H30N4O3/c1-20-19(22-7-2-9-25-17-6-10-24-14-17)23-12-16-5-8-21-18(11-16)26-13-15-3-4-15/h5,8,11,15,17H,2-4,6-7,9-10,12-14H2,1H3,(H2,20,22,23). The second-order valence-electron chi connectivity index (χ2n) is 6.82. The van der Waals surface area contributed by atoms with Crippen molar-refractivity contribution >= 4 is 5.96 Å². The van der Waals surface area contributed by atoms with Gasteiger partial charge >= 0.3 is 0 Å². The topological polar surface area (TPSA) is 77.0 Å². The zero-order valence-corrected chi connectivity index (χ0v) is 15.6. The summed E-state index contributed by atoms with van der Waals surface area (Å²) >= 11 is 0. The fourth-order valence-electron chi connectivity index (χ4n) is 2.71. The third kappa shape index (κ3) is 6.80. The second-order valence-corrected chi connectivity index (χ2v) is 6.82. The van der Waals surface area contributed by atoms with E-state index in [4.69, 9.17) is 14.2 Å². The number of hydrogen-bond acceptors (Lipinski definition) is 5. The number of nitrogens with zero attached hydrogens (tertiary/aromatic N) is 2. The van der Waals surface area contributed by atoms with Crippen LogP contribution in [0.15, 0.2) is 23.3 Å². The average molecular weight is 362 g/mol. The Hall–Kier alpha value is -1.86. The Labute approximate surface area is 155 Å². The van der Waals surface area contributed by atoms with Crippen LogP contribution in [-0.2, 0) is 16.0 Å². The normalized spacial score (nSPS) is 20.2. The highest BCUT2D eigenvalue weighted by Crippen LogP contribution is 2.29. The molecule has 3 rings (SSSR count). The first-order valence-electron chi connectivity index (χ1n) is 9.55. The van der Waals surface area contributed by atoms with Gasteiger partial charge in [0.2, 0.25) is 5.88 Å². The smallest absolute Gasteiger partial charge is 0.213 e. The van der Waals surface area contributed by atoms with Gasteiger partial charge in [-0.3, -0.25) is 4.99 Å². The van der Waals surface area contributed by atoms with Gasteiger partial charge in [-0.25, -0.2) is 4.98 Å².